The van der Waals surface area contributed by atoms with Gasteiger partial charge < -0.3 is 10.2 Å². The number of unbranched alkanes of at least 4 members (excludes halogenated alkanes) is 3. The lowest BCUT2D eigenvalue weighted by Crippen LogP contribution is -2.57. The summed E-state index contributed by atoms with van der Waals surface area (Å²) in [5.74, 6) is 1.83. The Labute approximate surface area is 166 Å². The maximum atomic E-state index is 12.1. The van der Waals surface area contributed by atoms with Gasteiger partial charge >= 0.3 is 0 Å². The number of aliphatic imine (C=N–C) groups is 1. The van der Waals surface area contributed by atoms with Crippen molar-refractivity contribution in [3.63, 3.8) is 0 Å². The zero-order valence-corrected chi connectivity index (χ0v) is 19.1. The first kappa shape index (κ1) is 23.9. The largest absolute Gasteiger partial charge is 0.356 e. The summed E-state index contributed by atoms with van der Waals surface area (Å²) in [5.41, 5.74) is 0. The van der Waals surface area contributed by atoms with Gasteiger partial charge in [-0.1, -0.05) is 39.5 Å². The fourth-order valence-electron chi connectivity index (χ4n) is 2.89. The van der Waals surface area contributed by atoms with E-state index >= 15 is 0 Å². The Morgan fingerprint density at radius 1 is 1.21 bits per heavy atom. The molecule has 5 nitrogen and oxygen atoms in total. The van der Waals surface area contributed by atoms with E-state index in [4.69, 9.17) is 0 Å². The minimum atomic E-state index is -3.00. The predicted molar refractivity (Wildman–Crippen MR) is 114 cm³/mol. The number of nitrogens with one attached hydrogen (secondary N) is 1. The molecular weight excluding hydrogens is 437 g/mol. The molecule has 0 bridgehead atoms. The molecule has 1 aliphatic rings. The Hall–Kier alpha value is -0.0500. The molecule has 24 heavy (non-hydrogen) atoms. The first-order chi connectivity index (χ1) is 10.7. The zero-order chi connectivity index (χ0) is 17.5. The first-order valence-electron chi connectivity index (χ1n) is 8.87. The van der Waals surface area contributed by atoms with Crippen molar-refractivity contribution in [3.8, 4) is 0 Å². The number of nitrogens with zero attached hydrogens (tertiary/aromatic N) is 2. The minimum Gasteiger partial charge on any atom is -0.356 e. The van der Waals surface area contributed by atoms with Crippen LogP contribution in [0.1, 0.15) is 59.8 Å². The Kier molecular flexibility index (Phi) is 10.8. The smallest absolute Gasteiger partial charge is 0.193 e. The highest BCUT2D eigenvalue weighted by Crippen LogP contribution is 2.23. The molecule has 0 atom stereocenters. The lowest BCUT2D eigenvalue weighted by Gasteiger charge is -2.39. The Morgan fingerprint density at radius 2 is 1.83 bits per heavy atom. The van der Waals surface area contributed by atoms with E-state index in [0.717, 1.165) is 24.8 Å². The first-order valence-corrected chi connectivity index (χ1v) is 10.5. The highest BCUT2D eigenvalue weighted by molar-refractivity contribution is 14.0. The van der Waals surface area contributed by atoms with Crippen LogP contribution in [0.15, 0.2) is 4.99 Å². The van der Waals surface area contributed by atoms with Crippen molar-refractivity contribution < 1.29 is 8.42 Å². The van der Waals surface area contributed by atoms with E-state index in [1.807, 2.05) is 0 Å². The molecule has 144 valence electrons. The molecule has 1 aliphatic heterocycles. The van der Waals surface area contributed by atoms with E-state index in [1.54, 1.807) is 20.9 Å². The van der Waals surface area contributed by atoms with Crippen molar-refractivity contribution in [2.45, 2.75) is 64.5 Å². The fraction of sp³-hybridized carbons (Fsp3) is 0.941. The zero-order valence-electron chi connectivity index (χ0n) is 16.0. The summed E-state index contributed by atoms with van der Waals surface area (Å²) in [5, 5.41) is 3.39. The maximum absolute atomic E-state index is 12.1. The van der Waals surface area contributed by atoms with E-state index in [2.05, 4.69) is 29.1 Å². The number of rotatable bonds is 7. The van der Waals surface area contributed by atoms with Crippen molar-refractivity contribution in [1.82, 2.24) is 10.2 Å². The molecule has 0 saturated carbocycles. The van der Waals surface area contributed by atoms with Crippen LogP contribution in [-0.4, -0.2) is 56.5 Å². The fourth-order valence-corrected chi connectivity index (χ4v) is 4.25. The standard InChI is InChI=1S/C17H35N3O2S.HI/c1-15(2)10-8-6-7-9-11-19-16(18-5)20-12-13-23(21,22)17(3,4)14-20;/h15H,6-14H2,1-5H3,(H,18,19);1H. The number of hydrogen-bond donors (Lipinski definition) is 1. The number of sulfone groups is 1. The Balaban J connectivity index is 0.00000529. The molecule has 1 fully saturated rings. The Morgan fingerprint density at radius 3 is 2.38 bits per heavy atom. The highest BCUT2D eigenvalue weighted by atomic mass is 127. The van der Waals surface area contributed by atoms with Gasteiger partial charge in [0.25, 0.3) is 0 Å². The second-order valence-electron chi connectivity index (χ2n) is 7.57. The van der Waals surface area contributed by atoms with Gasteiger partial charge in [-0.05, 0) is 26.2 Å². The van der Waals surface area contributed by atoms with Gasteiger partial charge in [-0.3, -0.25) is 4.99 Å². The molecule has 0 amide bonds. The van der Waals surface area contributed by atoms with Gasteiger partial charge in [0.2, 0.25) is 0 Å². The molecule has 1 N–H and O–H groups in total. The van der Waals surface area contributed by atoms with E-state index in [9.17, 15) is 8.42 Å². The summed E-state index contributed by atoms with van der Waals surface area (Å²) in [6, 6.07) is 0. The second kappa shape index (κ2) is 10.8. The normalized spacial score (nSPS) is 19.9. The van der Waals surface area contributed by atoms with Crippen molar-refractivity contribution in [3.05, 3.63) is 0 Å². The minimum absolute atomic E-state index is 0. The van der Waals surface area contributed by atoms with Crippen molar-refractivity contribution in [1.29, 1.82) is 0 Å². The average molecular weight is 473 g/mol. The van der Waals surface area contributed by atoms with Gasteiger partial charge in [0, 0.05) is 26.7 Å². The van der Waals surface area contributed by atoms with Crippen LogP contribution in [0.2, 0.25) is 0 Å². The van der Waals surface area contributed by atoms with Crippen LogP contribution >= 0.6 is 24.0 Å². The van der Waals surface area contributed by atoms with Crippen LogP contribution in [0.4, 0.5) is 0 Å². The van der Waals surface area contributed by atoms with E-state index in [1.165, 1.54) is 25.7 Å². The van der Waals surface area contributed by atoms with Gasteiger partial charge in [0.05, 0.1) is 10.5 Å². The summed E-state index contributed by atoms with van der Waals surface area (Å²) >= 11 is 0. The molecule has 0 unspecified atom stereocenters. The lowest BCUT2D eigenvalue weighted by atomic mass is 10.0. The van der Waals surface area contributed by atoms with Crippen LogP contribution in [0.5, 0.6) is 0 Å². The van der Waals surface area contributed by atoms with Crippen molar-refractivity contribution in [2.75, 3.05) is 32.4 Å². The molecular formula is C17H36IN3O2S. The van der Waals surface area contributed by atoms with Crippen LogP contribution in [0.25, 0.3) is 0 Å². The van der Waals surface area contributed by atoms with E-state index in [-0.39, 0.29) is 29.7 Å². The van der Waals surface area contributed by atoms with Gasteiger partial charge in [-0.25, -0.2) is 8.42 Å². The highest BCUT2D eigenvalue weighted by Gasteiger charge is 2.40. The quantitative estimate of drug-likeness (QED) is 0.267. The number of hydrogen-bond acceptors (Lipinski definition) is 3. The molecule has 0 aliphatic carbocycles. The molecule has 1 rings (SSSR count). The summed E-state index contributed by atoms with van der Waals surface area (Å²) in [6.07, 6.45) is 6.27. The van der Waals surface area contributed by atoms with E-state index in [0.29, 0.717) is 13.1 Å². The topological polar surface area (TPSA) is 61.8 Å². The molecule has 7 heteroatoms. The van der Waals surface area contributed by atoms with Crippen molar-refractivity contribution in [2.24, 2.45) is 10.9 Å². The predicted octanol–water partition coefficient (Wildman–Crippen LogP) is 3.30. The molecule has 1 saturated heterocycles. The average Bonchev–Trinajstić information content (AvgIpc) is 2.45. The third kappa shape index (κ3) is 7.45. The summed E-state index contributed by atoms with van der Waals surface area (Å²) in [4.78, 5) is 6.39. The Bertz CT molecular complexity index is 490. The third-order valence-electron chi connectivity index (χ3n) is 4.55. The molecule has 1 heterocycles. The van der Waals surface area contributed by atoms with Gasteiger partial charge in [0.1, 0.15) is 0 Å². The molecule has 0 aromatic rings. The van der Waals surface area contributed by atoms with Crippen molar-refractivity contribution >= 4 is 39.8 Å². The summed E-state index contributed by atoms with van der Waals surface area (Å²) in [6.45, 7) is 10.1. The van der Waals surface area contributed by atoms with Gasteiger partial charge in [0.15, 0.2) is 15.8 Å². The number of guanidine groups is 1. The maximum Gasteiger partial charge on any atom is 0.193 e. The molecule has 0 radical (unpaired) electrons. The van der Waals surface area contributed by atoms with Crippen LogP contribution in [0.3, 0.4) is 0 Å². The van der Waals surface area contributed by atoms with Gasteiger partial charge in [-0.15, -0.1) is 24.0 Å². The summed E-state index contributed by atoms with van der Waals surface area (Å²) in [7, 11) is -1.24. The molecule has 0 aromatic carbocycles. The second-order valence-corrected chi connectivity index (χ2v) is 10.3. The van der Waals surface area contributed by atoms with Crippen LogP contribution in [-0.2, 0) is 9.84 Å². The monoisotopic (exact) mass is 473 g/mol. The third-order valence-corrected chi connectivity index (χ3v) is 7.08. The van der Waals surface area contributed by atoms with Crippen LogP contribution < -0.4 is 5.32 Å². The van der Waals surface area contributed by atoms with E-state index < -0.39 is 14.6 Å². The molecule has 0 spiro atoms. The SMILES string of the molecule is CN=C(NCCCCCCC(C)C)N1CCS(=O)(=O)C(C)(C)C1.I. The van der Waals surface area contributed by atoms with Crippen LogP contribution in [0, 0.1) is 5.92 Å². The lowest BCUT2D eigenvalue weighted by molar-refractivity contribution is 0.353. The molecule has 0 aromatic heterocycles. The summed E-state index contributed by atoms with van der Waals surface area (Å²) < 4.78 is 23.5. The van der Waals surface area contributed by atoms with Gasteiger partial charge in [-0.2, -0.15) is 0 Å². The number of halogens is 1.